The maximum atomic E-state index is 13.1. The normalized spacial score (nSPS) is 18.1. The second kappa shape index (κ2) is 14.3. The Morgan fingerprint density at radius 2 is 2.06 bits per heavy atom. The van der Waals surface area contributed by atoms with Crippen molar-refractivity contribution in [3.63, 3.8) is 0 Å². The van der Waals surface area contributed by atoms with Gasteiger partial charge in [-0.25, -0.2) is 4.79 Å². The number of pyridine rings is 1. The molecule has 2 amide bonds. The second-order valence-electron chi connectivity index (χ2n) is 8.66. The monoisotopic (exact) mass is 606 g/mol. The average molecular weight is 607 g/mol. The van der Waals surface area contributed by atoms with Gasteiger partial charge in [0.25, 0.3) is 0 Å². The van der Waals surface area contributed by atoms with Crippen LogP contribution in [0.3, 0.4) is 0 Å². The van der Waals surface area contributed by atoms with Crippen LogP contribution in [-0.4, -0.2) is 45.2 Å². The Labute approximate surface area is 236 Å². The molecule has 9 heteroatoms. The topological polar surface area (TPSA) is 91.8 Å². The number of carbonyl (C=O) groups is 1. The van der Waals surface area contributed by atoms with Crippen LogP contribution in [-0.2, 0) is 48.7 Å². The van der Waals surface area contributed by atoms with Gasteiger partial charge in [-0.2, -0.15) is 6.92 Å². The molecule has 0 saturated carbocycles. The van der Waals surface area contributed by atoms with Crippen molar-refractivity contribution >= 4 is 34.1 Å². The number of carbonyl (C=O) groups excluding carboxylic acids is 2. The molecule has 183 valence electrons. The largest absolute Gasteiger partial charge is 0.489 e. The summed E-state index contributed by atoms with van der Waals surface area (Å²) in [6, 6.07) is 8.66. The summed E-state index contributed by atoms with van der Waals surface area (Å²) in [5.74, 6) is 0. The summed E-state index contributed by atoms with van der Waals surface area (Å²) in [4.78, 5) is 29.5. The SMILES string of the molecule is CC(C)(C)OC(=O)N1C(Cc2ccc(N[C-]=O)c(Br)c2)CC[C@@H]1[C@H](O)c1cccnc1.[CH2-]C.[Y]. The van der Waals surface area contributed by atoms with Crippen LogP contribution in [0.5, 0.6) is 0 Å². The maximum absolute atomic E-state index is 13.1. The number of aromatic nitrogens is 1. The van der Waals surface area contributed by atoms with E-state index in [1.54, 1.807) is 42.8 Å². The third kappa shape index (κ3) is 8.40. The molecule has 2 N–H and O–H groups in total. The summed E-state index contributed by atoms with van der Waals surface area (Å²) >= 11 is 3.45. The van der Waals surface area contributed by atoms with Crippen LogP contribution in [0.15, 0.2) is 47.2 Å². The van der Waals surface area contributed by atoms with Crippen LogP contribution in [0.25, 0.3) is 0 Å². The molecule has 0 aliphatic carbocycles. The number of rotatable bonds is 6. The van der Waals surface area contributed by atoms with E-state index in [4.69, 9.17) is 4.74 Å². The zero-order chi connectivity index (χ0) is 24.6. The van der Waals surface area contributed by atoms with Gasteiger partial charge < -0.3 is 26.9 Å². The molecule has 3 rings (SSSR count). The molecular formula is C25H32BrN3O4Y-2. The number of aliphatic hydroxyl groups excluding tert-OH is 1. The number of nitrogens with one attached hydrogen (secondary N) is 1. The van der Waals surface area contributed by atoms with Crippen molar-refractivity contribution < 1.29 is 52.1 Å². The van der Waals surface area contributed by atoms with Crippen LogP contribution in [0.2, 0.25) is 0 Å². The fourth-order valence-electron chi connectivity index (χ4n) is 3.91. The Bertz CT molecular complexity index is 924. The van der Waals surface area contributed by atoms with Crippen LogP contribution >= 0.6 is 15.9 Å². The van der Waals surface area contributed by atoms with Gasteiger partial charge in [0.05, 0.1) is 12.5 Å². The van der Waals surface area contributed by atoms with Gasteiger partial charge in [-0.05, 0) is 56.1 Å². The second-order valence-corrected chi connectivity index (χ2v) is 9.52. The minimum Gasteiger partial charge on any atom is -0.489 e. The van der Waals surface area contributed by atoms with Gasteiger partial charge in [0.1, 0.15) is 11.7 Å². The summed E-state index contributed by atoms with van der Waals surface area (Å²) in [5, 5.41) is 13.5. The minimum absolute atomic E-state index is 0. The fraction of sp³-hybridized carbons (Fsp3) is 0.440. The number of likely N-dealkylation sites (tertiary alicyclic amines) is 1. The molecule has 1 aromatic heterocycles. The van der Waals surface area contributed by atoms with Gasteiger partial charge >= 0.3 is 6.09 Å². The molecule has 7 nitrogen and oxygen atoms in total. The Hall–Kier alpha value is -1.35. The first-order chi connectivity index (χ1) is 15.7. The molecule has 0 spiro atoms. The summed E-state index contributed by atoms with van der Waals surface area (Å²) in [7, 11) is 0. The quantitative estimate of drug-likeness (QED) is 0.348. The Balaban J connectivity index is 0.00000188. The number of hydrogen-bond acceptors (Lipinski definition) is 5. The molecule has 3 atom stereocenters. The van der Waals surface area contributed by atoms with E-state index in [9.17, 15) is 14.7 Å². The first-order valence-corrected chi connectivity index (χ1v) is 11.7. The Kier molecular flexibility index (Phi) is 12.9. The fourth-order valence-corrected chi connectivity index (χ4v) is 4.43. The zero-order valence-electron chi connectivity index (χ0n) is 20.1. The summed E-state index contributed by atoms with van der Waals surface area (Å²) < 4.78 is 6.42. The Morgan fingerprint density at radius 3 is 2.62 bits per heavy atom. The molecule has 0 bridgehead atoms. The van der Waals surface area contributed by atoms with Gasteiger partial charge in [0, 0.05) is 56.7 Å². The van der Waals surface area contributed by atoms with Gasteiger partial charge in [-0.3, -0.25) is 9.88 Å². The van der Waals surface area contributed by atoms with Crippen molar-refractivity contribution in [1.29, 1.82) is 0 Å². The average Bonchev–Trinajstić information content (AvgIpc) is 3.19. The molecule has 1 radical (unpaired) electrons. The van der Waals surface area contributed by atoms with Crippen LogP contribution in [0, 0.1) is 6.92 Å². The summed E-state index contributed by atoms with van der Waals surface area (Å²) in [6.07, 6.45) is 5.64. The molecule has 1 aromatic carbocycles. The third-order valence-electron chi connectivity index (χ3n) is 5.23. The number of benzene rings is 1. The smallest absolute Gasteiger partial charge is 0.410 e. The minimum atomic E-state index is -0.854. The summed E-state index contributed by atoms with van der Waals surface area (Å²) in [6.45, 7) is 10.5. The van der Waals surface area contributed by atoms with Crippen LogP contribution in [0.4, 0.5) is 10.5 Å². The molecule has 2 aromatic rings. The predicted molar refractivity (Wildman–Crippen MR) is 132 cm³/mol. The molecule has 1 unspecified atom stereocenters. The van der Waals surface area contributed by atoms with E-state index >= 15 is 0 Å². The van der Waals surface area contributed by atoms with E-state index in [0.717, 1.165) is 16.5 Å². The standard InChI is InChI=1S/C23H27BrN3O4.C2H5.Y/c1-23(2,3)31-22(30)27-17(11-15-6-8-19(26-14-28)18(24)12-15)7-9-20(27)21(29)16-5-4-10-25-13-16;1-2;/h4-6,8,10,12-13,17,20-21,29H,7,9,11H2,1-3H3,(H,26,28);1H2,2H3;/q2*-1;/t17?,20-,21-;;/m1../s1. The molecule has 2 heterocycles. The zero-order valence-corrected chi connectivity index (χ0v) is 24.5. The van der Waals surface area contributed by atoms with Crippen molar-refractivity contribution in [1.82, 2.24) is 9.88 Å². The third-order valence-corrected chi connectivity index (χ3v) is 5.89. The van der Waals surface area contributed by atoms with Gasteiger partial charge in [0.15, 0.2) is 0 Å². The molecular weight excluding hydrogens is 575 g/mol. The van der Waals surface area contributed by atoms with E-state index in [2.05, 4.69) is 33.2 Å². The number of amides is 2. The van der Waals surface area contributed by atoms with E-state index in [1.165, 1.54) is 0 Å². The molecule has 34 heavy (non-hydrogen) atoms. The maximum Gasteiger partial charge on any atom is 0.410 e. The van der Waals surface area contributed by atoms with Crippen molar-refractivity contribution in [2.45, 2.75) is 70.7 Å². The molecule has 1 aliphatic heterocycles. The molecule has 1 fully saturated rings. The van der Waals surface area contributed by atoms with Crippen LogP contribution in [0.1, 0.15) is 57.8 Å². The van der Waals surface area contributed by atoms with Crippen molar-refractivity contribution in [3.05, 3.63) is 65.2 Å². The van der Waals surface area contributed by atoms with Crippen molar-refractivity contribution in [2.75, 3.05) is 5.32 Å². The molecule has 1 aliphatic rings. The number of nitrogens with zero attached hydrogens (tertiary/aromatic N) is 2. The first kappa shape index (κ1) is 30.7. The Morgan fingerprint density at radius 1 is 1.35 bits per heavy atom. The van der Waals surface area contributed by atoms with Gasteiger partial charge in [-0.15, -0.1) is 6.07 Å². The van der Waals surface area contributed by atoms with E-state index in [-0.39, 0.29) is 38.8 Å². The number of anilines is 1. The number of ether oxygens (including phenoxy) is 1. The van der Waals surface area contributed by atoms with E-state index < -0.39 is 23.8 Å². The summed E-state index contributed by atoms with van der Waals surface area (Å²) in [5.41, 5.74) is 1.65. The number of aliphatic hydroxyl groups is 1. The van der Waals surface area contributed by atoms with Crippen LogP contribution < -0.4 is 5.32 Å². The van der Waals surface area contributed by atoms with E-state index in [0.29, 0.717) is 24.1 Å². The number of halogens is 1. The van der Waals surface area contributed by atoms with Gasteiger partial charge in [-0.1, -0.05) is 39.8 Å². The molecule has 1 saturated heterocycles. The number of hydrogen-bond donors (Lipinski definition) is 2. The van der Waals surface area contributed by atoms with Crippen molar-refractivity contribution in [3.8, 4) is 0 Å². The van der Waals surface area contributed by atoms with Crippen molar-refractivity contribution in [2.24, 2.45) is 0 Å². The predicted octanol–water partition coefficient (Wildman–Crippen LogP) is 5.21. The first-order valence-electron chi connectivity index (χ1n) is 10.9. The van der Waals surface area contributed by atoms with E-state index in [1.807, 2.05) is 39.0 Å². The van der Waals surface area contributed by atoms with Gasteiger partial charge in [0.2, 0.25) is 0 Å².